The number of nitrogens with zero attached hydrogens (tertiary/aromatic N) is 1. The third-order valence-corrected chi connectivity index (χ3v) is 4.45. The van der Waals surface area contributed by atoms with Crippen molar-refractivity contribution in [2.24, 2.45) is 0 Å². The van der Waals surface area contributed by atoms with Gasteiger partial charge in [0.1, 0.15) is 29.9 Å². The molecule has 0 aromatic heterocycles. The monoisotopic (exact) mass is 386 g/mol. The molecule has 148 valence electrons. The fourth-order valence-corrected chi connectivity index (χ4v) is 2.92. The summed E-state index contributed by atoms with van der Waals surface area (Å²) < 4.78 is 15.5. The number of carbonyl (C=O) groups is 2. The molecule has 1 aliphatic rings. The number of aromatic hydroxyl groups is 1. The summed E-state index contributed by atoms with van der Waals surface area (Å²) >= 11 is 0. The zero-order chi connectivity index (χ0) is 20.1. The summed E-state index contributed by atoms with van der Waals surface area (Å²) in [7, 11) is 3.11. The van der Waals surface area contributed by atoms with E-state index in [1.807, 2.05) is 0 Å². The van der Waals surface area contributed by atoms with Crippen LogP contribution in [0.2, 0.25) is 0 Å². The summed E-state index contributed by atoms with van der Waals surface area (Å²) in [6, 6.07) is 11.1. The van der Waals surface area contributed by atoms with Gasteiger partial charge >= 0.3 is 6.09 Å². The molecule has 1 fully saturated rings. The van der Waals surface area contributed by atoms with E-state index >= 15 is 0 Å². The average molecular weight is 386 g/mol. The van der Waals surface area contributed by atoms with Crippen LogP contribution < -0.4 is 14.8 Å². The predicted molar refractivity (Wildman–Crippen MR) is 100 cm³/mol. The predicted octanol–water partition coefficient (Wildman–Crippen LogP) is 2.05. The van der Waals surface area contributed by atoms with Crippen LogP contribution in [0, 0.1) is 0 Å². The van der Waals surface area contributed by atoms with Crippen LogP contribution in [0.25, 0.3) is 0 Å². The van der Waals surface area contributed by atoms with Gasteiger partial charge in [-0.25, -0.2) is 4.79 Å². The van der Waals surface area contributed by atoms with Crippen LogP contribution in [0.3, 0.4) is 0 Å². The van der Waals surface area contributed by atoms with Gasteiger partial charge in [-0.15, -0.1) is 0 Å². The Balaban J connectivity index is 1.65. The number of hydrogen-bond acceptors (Lipinski definition) is 6. The highest BCUT2D eigenvalue weighted by atomic mass is 16.6. The number of methoxy groups -OCH3 is 2. The minimum Gasteiger partial charge on any atom is -0.508 e. The molecule has 0 saturated carbocycles. The lowest BCUT2D eigenvalue weighted by atomic mass is 10.1. The number of carbonyl (C=O) groups excluding carboxylic acids is 2. The summed E-state index contributed by atoms with van der Waals surface area (Å²) in [5, 5.41) is 12.2. The summed E-state index contributed by atoms with van der Waals surface area (Å²) in [6.45, 7) is 0.457. The van der Waals surface area contributed by atoms with Crippen molar-refractivity contribution in [3.63, 3.8) is 0 Å². The van der Waals surface area contributed by atoms with E-state index in [1.54, 1.807) is 44.6 Å². The molecular formula is C20H22N2O6. The van der Waals surface area contributed by atoms with Gasteiger partial charge < -0.3 is 24.6 Å². The first-order chi connectivity index (χ1) is 13.5. The minimum absolute atomic E-state index is 0.00974. The first-order valence-corrected chi connectivity index (χ1v) is 8.71. The number of phenolic OH excluding ortho intramolecular Hbond substituents is 1. The first-order valence-electron chi connectivity index (χ1n) is 8.71. The zero-order valence-electron chi connectivity index (χ0n) is 15.7. The van der Waals surface area contributed by atoms with Gasteiger partial charge in [0, 0.05) is 12.6 Å². The number of rotatable bonds is 7. The van der Waals surface area contributed by atoms with Gasteiger partial charge in [0.15, 0.2) is 0 Å². The van der Waals surface area contributed by atoms with Crippen LogP contribution in [0.5, 0.6) is 17.2 Å². The average Bonchev–Trinajstić information content (AvgIpc) is 3.07. The molecule has 8 heteroatoms. The Hall–Kier alpha value is -3.42. The van der Waals surface area contributed by atoms with Gasteiger partial charge in [-0.05, 0) is 35.4 Å². The highest BCUT2D eigenvalue weighted by Crippen LogP contribution is 2.23. The van der Waals surface area contributed by atoms with Crippen molar-refractivity contribution in [3.8, 4) is 17.2 Å². The van der Waals surface area contributed by atoms with Crippen LogP contribution in [-0.4, -0.2) is 48.9 Å². The molecule has 1 saturated heterocycles. The topological polar surface area (TPSA) is 97.3 Å². The van der Waals surface area contributed by atoms with E-state index in [0.29, 0.717) is 11.5 Å². The molecule has 28 heavy (non-hydrogen) atoms. The van der Waals surface area contributed by atoms with Gasteiger partial charge in [-0.3, -0.25) is 9.69 Å². The van der Waals surface area contributed by atoms with E-state index in [2.05, 4.69) is 5.32 Å². The van der Waals surface area contributed by atoms with Crippen LogP contribution >= 0.6 is 0 Å². The molecule has 1 heterocycles. The molecular weight excluding hydrogens is 364 g/mol. The van der Waals surface area contributed by atoms with E-state index in [1.165, 1.54) is 17.0 Å². The lowest BCUT2D eigenvalue weighted by Gasteiger charge is -2.21. The molecule has 2 N–H and O–H groups in total. The standard InChI is InChI=1S/C20H22N2O6/c1-26-16-7-14(8-17(9-16)27-2)10-21-19(24)18-12-28-20(25)22(18)11-13-3-5-15(23)6-4-13/h3-9,18,23H,10-12H2,1-2H3,(H,21,24)/t18-/m0/s1. The molecule has 2 amide bonds. The lowest BCUT2D eigenvalue weighted by molar-refractivity contribution is -0.125. The van der Waals surface area contributed by atoms with Crippen molar-refractivity contribution in [1.29, 1.82) is 0 Å². The van der Waals surface area contributed by atoms with Crippen molar-refractivity contribution in [2.45, 2.75) is 19.1 Å². The van der Waals surface area contributed by atoms with Crippen molar-refractivity contribution in [3.05, 3.63) is 53.6 Å². The van der Waals surface area contributed by atoms with Gasteiger partial charge in [0.05, 0.1) is 20.8 Å². The number of nitrogens with one attached hydrogen (secondary N) is 1. The molecule has 8 nitrogen and oxygen atoms in total. The Morgan fingerprint density at radius 3 is 2.39 bits per heavy atom. The molecule has 0 bridgehead atoms. The zero-order valence-corrected chi connectivity index (χ0v) is 15.7. The third-order valence-electron chi connectivity index (χ3n) is 4.45. The quantitative estimate of drug-likeness (QED) is 0.756. The van der Waals surface area contributed by atoms with Crippen LogP contribution in [0.1, 0.15) is 11.1 Å². The second-order valence-corrected chi connectivity index (χ2v) is 6.33. The van der Waals surface area contributed by atoms with E-state index in [4.69, 9.17) is 14.2 Å². The molecule has 2 aromatic carbocycles. The van der Waals surface area contributed by atoms with Crippen LogP contribution in [0.15, 0.2) is 42.5 Å². The van der Waals surface area contributed by atoms with Crippen LogP contribution in [-0.2, 0) is 22.6 Å². The van der Waals surface area contributed by atoms with Gasteiger partial charge in [-0.1, -0.05) is 12.1 Å². The molecule has 0 radical (unpaired) electrons. The Morgan fingerprint density at radius 2 is 1.79 bits per heavy atom. The highest BCUT2D eigenvalue weighted by Gasteiger charge is 2.37. The number of hydrogen-bond donors (Lipinski definition) is 2. The fourth-order valence-electron chi connectivity index (χ4n) is 2.92. The summed E-state index contributed by atoms with van der Waals surface area (Å²) in [4.78, 5) is 26.1. The third kappa shape index (κ3) is 4.46. The Morgan fingerprint density at radius 1 is 1.14 bits per heavy atom. The Labute approximate surface area is 162 Å². The number of amides is 2. The second kappa shape index (κ2) is 8.51. The lowest BCUT2D eigenvalue weighted by Crippen LogP contribution is -2.45. The van der Waals surface area contributed by atoms with E-state index in [0.717, 1.165) is 11.1 Å². The van der Waals surface area contributed by atoms with E-state index < -0.39 is 12.1 Å². The van der Waals surface area contributed by atoms with Crippen molar-refractivity contribution in [2.75, 3.05) is 20.8 Å². The Kier molecular flexibility index (Phi) is 5.88. The number of ether oxygens (including phenoxy) is 3. The van der Waals surface area contributed by atoms with Crippen LogP contribution in [0.4, 0.5) is 4.79 Å². The molecule has 0 unspecified atom stereocenters. The fraction of sp³-hybridized carbons (Fsp3) is 0.300. The maximum atomic E-state index is 12.6. The SMILES string of the molecule is COc1cc(CNC(=O)[C@@H]2COC(=O)N2Cc2ccc(O)cc2)cc(OC)c1. The second-order valence-electron chi connectivity index (χ2n) is 6.33. The number of phenols is 1. The molecule has 3 rings (SSSR count). The van der Waals surface area contributed by atoms with Crippen molar-refractivity contribution in [1.82, 2.24) is 10.2 Å². The number of benzene rings is 2. The van der Waals surface area contributed by atoms with Crippen molar-refractivity contribution >= 4 is 12.0 Å². The largest absolute Gasteiger partial charge is 0.508 e. The maximum absolute atomic E-state index is 12.6. The maximum Gasteiger partial charge on any atom is 0.410 e. The molecule has 1 aliphatic heterocycles. The van der Waals surface area contributed by atoms with Gasteiger partial charge in [0.2, 0.25) is 5.91 Å². The van der Waals surface area contributed by atoms with Crippen molar-refractivity contribution < 1.29 is 28.9 Å². The summed E-state index contributed by atoms with van der Waals surface area (Å²) in [5.41, 5.74) is 1.59. The van der Waals surface area contributed by atoms with E-state index in [9.17, 15) is 14.7 Å². The minimum atomic E-state index is -0.728. The summed E-state index contributed by atoms with van der Waals surface area (Å²) in [6.07, 6.45) is -0.545. The van der Waals surface area contributed by atoms with Gasteiger partial charge in [0.25, 0.3) is 0 Å². The molecule has 0 aliphatic carbocycles. The highest BCUT2D eigenvalue weighted by molar-refractivity contribution is 5.87. The molecule has 2 aromatic rings. The van der Waals surface area contributed by atoms with Gasteiger partial charge in [-0.2, -0.15) is 0 Å². The first kappa shape index (κ1) is 19.3. The van der Waals surface area contributed by atoms with E-state index in [-0.39, 0.29) is 31.4 Å². The number of cyclic esters (lactones) is 1. The molecule has 0 spiro atoms. The Bertz CT molecular complexity index is 830. The normalized spacial score (nSPS) is 15.9. The summed E-state index contributed by atoms with van der Waals surface area (Å²) in [5.74, 6) is 1.07. The smallest absolute Gasteiger partial charge is 0.410 e. The molecule has 1 atom stereocenters.